The maximum atomic E-state index is 12.2. The van der Waals surface area contributed by atoms with E-state index in [-0.39, 0.29) is 6.03 Å². The van der Waals surface area contributed by atoms with Gasteiger partial charge in [-0.1, -0.05) is 18.2 Å². The van der Waals surface area contributed by atoms with Gasteiger partial charge in [-0.2, -0.15) is 0 Å². The number of carbonyl (C=O) groups is 1. The summed E-state index contributed by atoms with van der Waals surface area (Å²) >= 11 is 0. The zero-order valence-corrected chi connectivity index (χ0v) is 14.6. The average Bonchev–Trinajstić information content (AvgIpc) is 3.18. The molecule has 2 heterocycles. The lowest BCUT2D eigenvalue weighted by Gasteiger charge is -2.34. The Balaban J connectivity index is 1.40. The zero-order valence-electron chi connectivity index (χ0n) is 14.6. The minimum atomic E-state index is -0.0271. The summed E-state index contributed by atoms with van der Waals surface area (Å²) in [5.74, 6) is 1.71. The van der Waals surface area contributed by atoms with Crippen LogP contribution < -0.4 is 10.1 Å². The number of urea groups is 1. The molecule has 134 valence electrons. The van der Waals surface area contributed by atoms with Gasteiger partial charge in [-0.05, 0) is 30.2 Å². The smallest absolute Gasteiger partial charge is 0.317 e. The zero-order chi connectivity index (χ0) is 17.5. The van der Waals surface area contributed by atoms with E-state index in [1.807, 2.05) is 35.2 Å². The fourth-order valence-electron chi connectivity index (χ4n) is 3.05. The van der Waals surface area contributed by atoms with Gasteiger partial charge in [-0.3, -0.25) is 4.90 Å². The number of methoxy groups -OCH3 is 1. The van der Waals surface area contributed by atoms with Crippen LogP contribution in [0.2, 0.25) is 0 Å². The standard InChI is InChI=1S/C19H25N3O3/c1-24-18-7-3-2-5-16(18)8-9-21-10-12-22(13-11-21)19(23)20-15-17-6-4-14-25-17/h2-7,14H,8-13,15H2,1H3,(H,20,23). The van der Waals surface area contributed by atoms with Gasteiger partial charge in [0.2, 0.25) is 0 Å². The molecule has 0 atom stereocenters. The monoisotopic (exact) mass is 343 g/mol. The largest absolute Gasteiger partial charge is 0.496 e. The van der Waals surface area contributed by atoms with Gasteiger partial charge in [0.1, 0.15) is 11.5 Å². The molecule has 1 aromatic heterocycles. The minimum absolute atomic E-state index is 0.0271. The highest BCUT2D eigenvalue weighted by Crippen LogP contribution is 2.18. The number of carbonyl (C=O) groups excluding carboxylic acids is 1. The van der Waals surface area contributed by atoms with Gasteiger partial charge < -0.3 is 19.4 Å². The summed E-state index contributed by atoms with van der Waals surface area (Å²) in [6, 6.07) is 11.8. The van der Waals surface area contributed by atoms with Crippen molar-refractivity contribution in [2.45, 2.75) is 13.0 Å². The number of nitrogens with zero attached hydrogens (tertiary/aromatic N) is 2. The van der Waals surface area contributed by atoms with Gasteiger partial charge in [-0.25, -0.2) is 4.79 Å². The first-order valence-electron chi connectivity index (χ1n) is 8.65. The lowest BCUT2D eigenvalue weighted by atomic mass is 10.1. The topological polar surface area (TPSA) is 58.0 Å². The highest BCUT2D eigenvalue weighted by atomic mass is 16.5. The molecule has 0 aliphatic carbocycles. The third kappa shape index (κ3) is 4.76. The summed E-state index contributed by atoms with van der Waals surface area (Å²) in [6.45, 7) is 4.68. The third-order valence-electron chi connectivity index (χ3n) is 4.54. The summed E-state index contributed by atoms with van der Waals surface area (Å²) in [5.41, 5.74) is 1.23. The van der Waals surface area contributed by atoms with Crippen molar-refractivity contribution in [1.29, 1.82) is 0 Å². The van der Waals surface area contributed by atoms with Crippen molar-refractivity contribution in [1.82, 2.24) is 15.1 Å². The van der Waals surface area contributed by atoms with Crippen LogP contribution in [0.4, 0.5) is 4.79 Å². The molecule has 0 unspecified atom stereocenters. The molecular weight excluding hydrogens is 318 g/mol. The van der Waals surface area contributed by atoms with E-state index < -0.39 is 0 Å². The van der Waals surface area contributed by atoms with Gasteiger partial charge in [0, 0.05) is 32.7 Å². The number of para-hydroxylation sites is 1. The fourth-order valence-corrected chi connectivity index (χ4v) is 3.05. The molecule has 6 nitrogen and oxygen atoms in total. The van der Waals surface area contributed by atoms with Crippen molar-refractivity contribution >= 4 is 6.03 Å². The van der Waals surface area contributed by atoms with Crippen LogP contribution in [-0.2, 0) is 13.0 Å². The number of amides is 2. The van der Waals surface area contributed by atoms with E-state index in [0.717, 1.165) is 50.7 Å². The van der Waals surface area contributed by atoms with Gasteiger partial charge in [-0.15, -0.1) is 0 Å². The predicted octanol–water partition coefficient (Wildman–Crippen LogP) is 2.36. The lowest BCUT2D eigenvalue weighted by molar-refractivity contribution is 0.139. The number of furan rings is 1. The number of piperazine rings is 1. The van der Waals surface area contributed by atoms with Gasteiger partial charge in [0.15, 0.2) is 0 Å². The minimum Gasteiger partial charge on any atom is -0.496 e. The van der Waals surface area contributed by atoms with E-state index in [0.29, 0.717) is 6.54 Å². The molecule has 6 heteroatoms. The van der Waals surface area contributed by atoms with E-state index in [4.69, 9.17) is 9.15 Å². The summed E-state index contributed by atoms with van der Waals surface area (Å²) in [7, 11) is 1.71. The first-order valence-corrected chi connectivity index (χ1v) is 8.65. The molecule has 1 aliphatic heterocycles. The summed E-state index contributed by atoms with van der Waals surface area (Å²) in [5, 5.41) is 2.90. The summed E-state index contributed by atoms with van der Waals surface area (Å²) in [4.78, 5) is 16.5. The van der Waals surface area contributed by atoms with E-state index in [1.165, 1.54) is 5.56 Å². The van der Waals surface area contributed by atoms with Crippen LogP contribution in [0, 0.1) is 0 Å². The van der Waals surface area contributed by atoms with E-state index >= 15 is 0 Å². The number of rotatable bonds is 6. The Morgan fingerprint density at radius 1 is 1.16 bits per heavy atom. The highest BCUT2D eigenvalue weighted by molar-refractivity contribution is 5.74. The summed E-state index contributed by atoms with van der Waals surface area (Å²) in [6.07, 6.45) is 2.57. The molecule has 1 saturated heterocycles. The molecule has 0 radical (unpaired) electrons. The number of hydrogen-bond donors (Lipinski definition) is 1. The molecule has 0 spiro atoms. The van der Waals surface area contributed by atoms with Crippen molar-refractivity contribution in [3.05, 3.63) is 54.0 Å². The Labute approximate surface area is 148 Å². The second kappa shape index (κ2) is 8.58. The van der Waals surface area contributed by atoms with E-state index in [2.05, 4.69) is 16.3 Å². The summed E-state index contributed by atoms with van der Waals surface area (Å²) < 4.78 is 10.6. The van der Waals surface area contributed by atoms with Gasteiger partial charge in [0.25, 0.3) is 0 Å². The van der Waals surface area contributed by atoms with E-state index in [9.17, 15) is 4.79 Å². The van der Waals surface area contributed by atoms with Crippen LogP contribution in [0.25, 0.3) is 0 Å². The Bertz CT molecular complexity index is 664. The maximum Gasteiger partial charge on any atom is 0.317 e. The third-order valence-corrected chi connectivity index (χ3v) is 4.54. The SMILES string of the molecule is COc1ccccc1CCN1CCN(C(=O)NCc2ccco2)CC1. The second-order valence-electron chi connectivity index (χ2n) is 6.13. The van der Waals surface area contributed by atoms with Crippen LogP contribution in [0.5, 0.6) is 5.75 Å². The molecule has 0 saturated carbocycles. The number of nitrogens with one attached hydrogen (secondary N) is 1. The van der Waals surface area contributed by atoms with Crippen molar-refractivity contribution in [2.24, 2.45) is 0 Å². The Morgan fingerprint density at radius 2 is 1.96 bits per heavy atom. The normalized spacial score (nSPS) is 15.2. The fraction of sp³-hybridized carbons (Fsp3) is 0.421. The number of ether oxygens (including phenoxy) is 1. The molecule has 1 fully saturated rings. The molecule has 25 heavy (non-hydrogen) atoms. The highest BCUT2D eigenvalue weighted by Gasteiger charge is 2.21. The molecule has 1 aromatic carbocycles. The Kier molecular flexibility index (Phi) is 5.95. The van der Waals surface area contributed by atoms with Gasteiger partial charge in [0.05, 0.1) is 19.9 Å². The van der Waals surface area contributed by atoms with Gasteiger partial charge >= 0.3 is 6.03 Å². The van der Waals surface area contributed by atoms with E-state index in [1.54, 1.807) is 13.4 Å². The Morgan fingerprint density at radius 3 is 2.68 bits per heavy atom. The second-order valence-corrected chi connectivity index (χ2v) is 6.13. The van der Waals surface area contributed by atoms with Crippen molar-refractivity contribution < 1.29 is 13.9 Å². The van der Waals surface area contributed by atoms with Crippen molar-refractivity contribution in [3.63, 3.8) is 0 Å². The maximum absolute atomic E-state index is 12.2. The first-order chi connectivity index (χ1) is 12.3. The molecule has 1 aliphatic rings. The molecule has 2 amide bonds. The van der Waals surface area contributed by atoms with Crippen molar-refractivity contribution in [3.8, 4) is 5.75 Å². The molecule has 3 rings (SSSR count). The van der Waals surface area contributed by atoms with Crippen LogP contribution in [0.3, 0.4) is 0 Å². The molecular formula is C19H25N3O3. The van der Waals surface area contributed by atoms with Crippen LogP contribution >= 0.6 is 0 Å². The quantitative estimate of drug-likeness (QED) is 0.875. The Hall–Kier alpha value is -2.47. The van der Waals surface area contributed by atoms with Crippen LogP contribution in [0.15, 0.2) is 47.1 Å². The predicted molar refractivity (Wildman–Crippen MR) is 95.7 cm³/mol. The number of benzene rings is 1. The first kappa shape index (κ1) is 17.4. The molecule has 1 N–H and O–H groups in total. The van der Waals surface area contributed by atoms with Crippen LogP contribution in [-0.4, -0.2) is 55.7 Å². The average molecular weight is 343 g/mol. The lowest BCUT2D eigenvalue weighted by Crippen LogP contribution is -2.51. The number of hydrogen-bond acceptors (Lipinski definition) is 4. The van der Waals surface area contributed by atoms with Crippen LogP contribution in [0.1, 0.15) is 11.3 Å². The molecule has 2 aromatic rings. The van der Waals surface area contributed by atoms with Crippen molar-refractivity contribution in [2.75, 3.05) is 39.8 Å². The molecule has 0 bridgehead atoms.